The van der Waals surface area contributed by atoms with Crippen LogP contribution >= 0.6 is 0 Å². The fourth-order valence-electron chi connectivity index (χ4n) is 1.75. The second-order valence-electron chi connectivity index (χ2n) is 4.54. The molecule has 21 heavy (non-hydrogen) atoms. The van der Waals surface area contributed by atoms with Crippen LogP contribution in [-0.4, -0.2) is 33.7 Å². The molecule has 1 rings (SSSR count). The van der Waals surface area contributed by atoms with E-state index in [1.807, 2.05) is 30.3 Å². The van der Waals surface area contributed by atoms with Crippen LogP contribution in [0, 0.1) is 0 Å². The Kier molecular flexibility index (Phi) is 8.70. The Hall–Kier alpha value is -0.980. The van der Waals surface area contributed by atoms with Gasteiger partial charge in [-0.25, -0.2) is 0 Å². The number of aliphatic carboxylic acids is 1. The van der Waals surface area contributed by atoms with Crippen molar-refractivity contribution in [1.82, 2.24) is 0 Å². The van der Waals surface area contributed by atoms with Gasteiger partial charge in [-0.1, -0.05) is 42.5 Å². The van der Waals surface area contributed by atoms with E-state index in [-0.39, 0.29) is 42.4 Å². The van der Waals surface area contributed by atoms with Gasteiger partial charge in [0, 0.05) is 0 Å². The van der Waals surface area contributed by atoms with E-state index in [0.29, 0.717) is 0 Å². The second-order valence-corrected chi connectivity index (χ2v) is 4.54. The van der Waals surface area contributed by atoms with E-state index in [4.69, 9.17) is 5.11 Å². The average Bonchev–Trinajstić information content (AvgIpc) is 2.43. The van der Waals surface area contributed by atoms with Gasteiger partial charge in [-0.2, -0.15) is 0 Å². The minimum atomic E-state index is -2.66. The molecule has 108 valence electrons. The summed E-state index contributed by atoms with van der Waals surface area (Å²) < 4.78 is 0. The SMILES string of the molecule is CC(O)C(=O)C(O)(CCC=Cc1ccccc1)C(=O)[O-].[Na+]. The van der Waals surface area contributed by atoms with Gasteiger partial charge in [-0.3, -0.25) is 4.79 Å². The summed E-state index contributed by atoms with van der Waals surface area (Å²) in [5.74, 6) is -3.05. The fourth-order valence-corrected chi connectivity index (χ4v) is 1.75. The van der Waals surface area contributed by atoms with Crippen LogP contribution in [0.4, 0.5) is 0 Å². The first-order chi connectivity index (χ1) is 9.38. The number of carbonyl (C=O) groups excluding carboxylic acids is 2. The van der Waals surface area contributed by atoms with E-state index >= 15 is 0 Å². The summed E-state index contributed by atoms with van der Waals surface area (Å²) in [5.41, 5.74) is -1.74. The maximum Gasteiger partial charge on any atom is 1.00 e. The van der Waals surface area contributed by atoms with Crippen molar-refractivity contribution in [3.63, 3.8) is 0 Å². The standard InChI is InChI=1S/C15H18O5.Na/c1-11(16)13(17)15(20,14(18)19)10-6-5-9-12-7-3-2-4-8-12;/h2-5,7-9,11,16,20H,6,10H2,1H3,(H,18,19);/q;+1/p-1. The summed E-state index contributed by atoms with van der Waals surface area (Å²) in [7, 11) is 0. The maximum absolute atomic E-state index is 11.5. The number of allylic oxidation sites excluding steroid dienone is 1. The van der Waals surface area contributed by atoms with Crippen molar-refractivity contribution in [3.8, 4) is 0 Å². The van der Waals surface area contributed by atoms with Crippen LogP contribution in [0.1, 0.15) is 25.3 Å². The summed E-state index contributed by atoms with van der Waals surface area (Å²) in [6, 6.07) is 9.31. The first-order valence-electron chi connectivity index (χ1n) is 6.25. The van der Waals surface area contributed by atoms with Crippen molar-refractivity contribution < 1.29 is 54.5 Å². The Morgan fingerprint density at radius 2 is 1.90 bits per heavy atom. The van der Waals surface area contributed by atoms with E-state index in [0.717, 1.165) is 12.5 Å². The van der Waals surface area contributed by atoms with Gasteiger partial charge in [0.05, 0.1) is 5.97 Å². The second kappa shape index (κ2) is 9.12. The molecule has 6 heteroatoms. The zero-order valence-corrected chi connectivity index (χ0v) is 14.2. The molecule has 1 aromatic carbocycles. The van der Waals surface area contributed by atoms with Crippen LogP contribution in [0.15, 0.2) is 36.4 Å². The van der Waals surface area contributed by atoms with Crippen LogP contribution in [-0.2, 0) is 9.59 Å². The fraction of sp³-hybridized carbons (Fsp3) is 0.333. The van der Waals surface area contributed by atoms with Gasteiger partial charge in [0.25, 0.3) is 0 Å². The van der Waals surface area contributed by atoms with Crippen LogP contribution in [0.3, 0.4) is 0 Å². The number of aliphatic hydroxyl groups excluding tert-OH is 1. The summed E-state index contributed by atoms with van der Waals surface area (Å²) in [6.07, 6.45) is 1.66. The first-order valence-corrected chi connectivity index (χ1v) is 6.25. The molecule has 0 radical (unpaired) electrons. The topological polar surface area (TPSA) is 97.7 Å². The van der Waals surface area contributed by atoms with Crippen molar-refractivity contribution in [2.45, 2.75) is 31.5 Å². The predicted molar refractivity (Wildman–Crippen MR) is 71.4 cm³/mol. The number of carbonyl (C=O) groups is 2. The van der Waals surface area contributed by atoms with Crippen LogP contribution in [0.25, 0.3) is 6.08 Å². The van der Waals surface area contributed by atoms with Gasteiger partial charge >= 0.3 is 29.6 Å². The Morgan fingerprint density at radius 3 is 2.38 bits per heavy atom. The molecule has 0 aliphatic heterocycles. The Balaban J connectivity index is 0.00000400. The van der Waals surface area contributed by atoms with Gasteiger partial charge in [0.1, 0.15) is 6.10 Å². The number of aliphatic hydroxyl groups is 2. The molecule has 0 amide bonds. The summed E-state index contributed by atoms with van der Waals surface area (Å²) in [5, 5.41) is 29.9. The molecular formula is C15H17NaO5. The normalized spacial score (nSPS) is 15.0. The third-order valence-electron chi connectivity index (χ3n) is 2.91. The minimum absolute atomic E-state index is 0. The molecule has 0 spiro atoms. The number of benzene rings is 1. The molecule has 0 bridgehead atoms. The third kappa shape index (κ3) is 5.73. The molecule has 0 saturated carbocycles. The number of carboxylic acids is 1. The van der Waals surface area contributed by atoms with Crippen molar-refractivity contribution in [2.24, 2.45) is 0 Å². The van der Waals surface area contributed by atoms with Crippen molar-refractivity contribution in [3.05, 3.63) is 42.0 Å². The molecule has 2 N–H and O–H groups in total. The summed E-state index contributed by atoms with van der Waals surface area (Å²) in [6.45, 7) is 1.11. The predicted octanol–water partition coefficient (Wildman–Crippen LogP) is -3.09. The van der Waals surface area contributed by atoms with Gasteiger partial charge in [-0.15, -0.1) is 0 Å². The number of hydrogen-bond acceptors (Lipinski definition) is 5. The van der Waals surface area contributed by atoms with Crippen molar-refractivity contribution >= 4 is 17.8 Å². The van der Waals surface area contributed by atoms with E-state index < -0.39 is 23.5 Å². The van der Waals surface area contributed by atoms with Gasteiger partial charge < -0.3 is 20.1 Å². The Labute approximate surface area is 145 Å². The number of ketones is 1. The zero-order valence-electron chi connectivity index (χ0n) is 12.2. The molecule has 0 fully saturated rings. The van der Waals surface area contributed by atoms with E-state index in [9.17, 15) is 19.8 Å². The molecule has 1 aromatic rings. The number of rotatable bonds is 7. The number of Topliss-reactive ketones (excluding diaryl/α,β-unsaturated/α-hetero) is 1. The molecule has 0 aliphatic rings. The van der Waals surface area contributed by atoms with Gasteiger partial charge in [-0.05, 0) is 25.3 Å². The molecule has 2 atom stereocenters. The summed E-state index contributed by atoms with van der Waals surface area (Å²) in [4.78, 5) is 22.4. The van der Waals surface area contributed by atoms with Gasteiger partial charge in [0.15, 0.2) is 11.4 Å². The van der Waals surface area contributed by atoms with E-state index in [1.165, 1.54) is 0 Å². The van der Waals surface area contributed by atoms with Crippen molar-refractivity contribution in [1.29, 1.82) is 0 Å². The Bertz CT molecular complexity index is 498. The molecule has 0 aromatic heterocycles. The van der Waals surface area contributed by atoms with Crippen molar-refractivity contribution in [2.75, 3.05) is 0 Å². The molecule has 5 nitrogen and oxygen atoms in total. The van der Waals surface area contributed by atoms with Crippen LogP contribution in [0.2, 0.25) is 0 Å². The largest absolute Gasteiger partial charge is 1.00 e. The molecule has 0 heterocycles. The Morgan fingerprint density at radius 1 is 1.33 bits per heavy atom. The minimum Gasteiger partial charge on any atom is -0.547 e. The third-order valence-corrected chi connectivity index (χ3v) is 2.91. The number of carboxylic acid groups (broad SMARTS) is 1. The maximum atomic E-state index is 11.5. The molecule has 2 unspecified atom stereocenters. The van der Waals surface area contributed by atoms with E-state index in [1.54, 1.807) is 12.2 Å². The molecule has 0 saturated heterocycles. The number of hydrogen-bond donors (Lipinski definition) is 2. The first kappa shape index (κ1) is 20.0. The molecule has 0 aliphatic carbocycles. The average molecular weight is 300 g/mol. The quantitative estimate of drug-likeness (QED) is 0.411. The van der Waals surface area contributed by atoms with E-state index in [2.05, 4.69) is 0 Å². The zero-order chi connectivity index (χ0) is 15.2. The van der Waals surface area contributed by atoms with Crippen LogP contribution in [0.5, 0.6) is 0 Å². The van der Waals surface area contributed by atoms with Crippen LogP contribution < -0.4 is 34.7 Å². The smallest absolute Gasteiger partial charge is 0.547 e. The van der Waals surface area contributed by atoms with Gasteiger partial charge in [0.2, 0.25) is 0 Å². The monoisotopic (exact) mass is 300 g/mol. The summed E-state index contributed by atoms with van der Waals surface area (Å²) >= 11 is 0. The molecular weight excluding hydrogens is 283 g/mol.